The fourth-order valence-electron chi connectivity index (χ4n) is 4.22. The number of pyridine rings is 1. The van der Waals surface area contributed by atoms with E-state index in [4.69, 9.17) is 9.84 Å². The van der Waals surface area contributed by atoms with E-state index in [0.717, 1.165) is 22.0 Å². The van der Waals surface area contributed by atoms with E-state index in [1.54, 1.807) is 38.5 Å². The van der Waals surface area contributed by atoms with Crippen LogP contribution in [0.15, 0.2) is 48.9 Å². The average Bonchev–Trinajstić information content (AvgIpc) is 3.26. The van der Waals surface area contributed by atoms with Crippen molar-refractivity contribution in [2.45, 2.75) is 32.9 Å². The first-order chi connectivity index (χ1) is 16.8. The fraction of sp³-hybridized carbons (Fsp3) is 0.346. The molecule has 1 aromatic carbocycles. The molecule has 1 aliphatic heterocycles. The molecule has 1 fully saturated rings. The number of aromatic nitrogens is 5. The Kier molecular flexibility index (Phi) is 6.04. The molecule has 0 aliphatic carbocycles. The molecule has 0 saturated carbocycles. The van der Waals surface area contributed by atoms with E-state index in [1.807, 2.05) is 40.8 Å². The van der Waals surface area contributed by atoms with Crippen molar-refractivity contribution in [3.05, 3.63) is 60.0 Å². The third kappa shape index (κ3) is 4.52. The summed E-state index contributed by atoms with van der Waals surface area (Å²) < 4.78 is 7.26. The minimum atomic E-state index is -0.971. The predicted molar refractivity (Wildman–Crippen MR) is 132 cm³/mol. The van der Waals surface area contributed by atoms with Crippen molar-refractivity contribution in [1.29, 1.82) is 0 Å². The molecule has 0 atom stereocenters. The van der Waals surface area contributed by atoms with Crippen molar-refractivity contribution in [2.75, 3.05) is 26.3 Å². The van der Waals surface area contributed by atoms with Crippen LogP contribution in [0.1, 0.15) is 36.7 Å². The average molecular weight is 473 g/mol. The molecular formula is C26H28N6O3. The summed E-state index contributed by atoms with van der Waals surface area (Å²) in [5, 5.41) is 15.9. The Hall–Kier alpha value is -3.69. The zero-order valence-corrected chi connectivity index (χ0v) is 20.1. The van der Waals surface area contributed by atoms with Crippen molar-refractivity contribution in [3.63, 3.8) is 0 Å². The van der Waals surface area contributed by atoms with Gasteiger partial charge in [-0.2, -0.15) is 5.10 Å². The maximum absolute atomic E-state index is 13.1. The van der Waals surface area contributed by atoms with Crippen LogP contribution in [0.3, 0.4) is 0 Å². The zero-order valence-electron chi connectivity index (χ0n) is 20.1. The largest absolute Gasteiger partial charge is 0.386 e. The van der Waals surface area contributed by atoms with E-state index in [0.29, 0.717) is 55.6 Å². The highest BCUT2D eigenvalue weighted by Crippen LogP contribution is 2.29. The van der Waals surface area contributed by atoms with Crippen LogP contribution in [0.5, 0.6) is 0 Å². The lowest BCUT2D eigenvalue weighted by molar-refractivity contribution is 0.0303. The van der Waals surface area contributed by atoms with Gasteiger partial charge in [0.05, 0.1) is 30.0 Å². The number of morpholine rings is 1. The van der Waals surface area contributed by atoms with Gasteiger partial charge in [0.25, 0.3) is 5.91 Å². The van der Waals surface area contributed by atoms with Gasteiger partial charge < -0.3 is 14.7 Å². The van der Waals surface area contributed by atoms with Crippen molar-refractivity contribution in [3.8, 4) is 22.8 Å². The molecule has 0 radical (unpaired) electrons. The lowest BCUT2D eigenvalue weighted by atomic mass is 9.98. The third-order valence-electron chi connectivity index (χ3n) is 6.22. The number of aryl methyl sites for hydroxylation is 1. The van der Waals surface area contributed by atoms with E-state index in [9.17, 15) is 9.90 Å². The molecule has 0 bridgehead atoms. The second-order valence-electron chi connectivity index (χ2n) is 9.08. The quantitative estimate of drug-likeness (QED) is 0.475. The number of benzene rings is 1. The number of nitrogens with zero attached hydrogens (tertiary/aromatic N) is 6. The molecule has 1 N–H and O–H groups in total. The molecule has 5 rings (SSSR count). The van der Waals surface area contributed by atoms with E-state index in [1.165, 1.54) is 0 Å². The molecule has 9 heteroatoms. The first-order valence-corrected chi connectivity index (χ1v) is 11.7. The monoisotopic (exact) mass is 472 g/mol. The summed E-state index contributed by atoms with van der Waals surface area (Å²) in [6.45, 7) is 8.46. The fourth-order valence-corrected chi connectivity index (χ4v) is 4.22. The predicted octanol–water partition coefficient (Wildman–Crippen LogP) is 3.28. The zero-order chi connectivity index (χ0) is 24.6. The van der Waals surface area contributed by atoms with Crippen LogP contribution in [-0.2, 0) is 16.9 Å². The summed E-state index contributed by atoms with van der Waals surface area (Å²) in [4.78, 5) is 28.4. The van der Waals surface area contributed by atoms with Gasteiger partial charge in [-0.15, -0.1) is 0 Å². The molecule has 35 heavy (non-hydrogen) atoms. The number of aliphatic hydroxyl groups is 1. The van der Waals surface area contributed by atoms with E-state index in [2.05, 4.69) is 15.0 Å². The maximum atomic E-state index is 13.1. The van der Waals surface area contributed by atoms with Crippen LogP contribution in [0.4, 0.5) is 0 Å². The van der Waals surface area contributed by atoms with Crippen LogP contribution in [0, 0.1) is 0 Å². The second-order valence-corrected chi connectivity index (χ2v) is 9.08. The van der Waals surface area contributed by atoms with Gasteiger partial charge in [-0.25, -0.2) is 9.97 Å². The van der Waals surface area contributed by atoms with Crippen molar-refractivity contribution in [2.24, 2.45) is 0 Å². The van der Waals surface area contributed by atoms with E-state index in [-0.39, 0.29) is 5.91 Å². The molecule has 4 aromatic rings. The first kappa shape index (κ1) is 23.1. The summed E-state index contributed by atoms with van der Waals surface area (Å²) in [7, 11) is 0. The number of carbonyl (C=O) groups excluding carboxylic acids is 1. The van der Waals surface area contributed by atoms with Crippen LogP contribution in [0.25, 0.3) is 33.7 Å². The smallest absolute Gasteiger partial charge is 0.254 e. The lowest BCUT2D eigenvalue weighted by Gasteiger charge is -2.26. The van der Waals surface area contributed by atoms with Crippen molar-refractivity contribution in [1.82, 2.24) is 29.6 Å². The Morgan fingerprint density at radius 2 is 1.83 bits per heavy atom. The van der Waals surface area contributed by atoms with Crippen molar-refractivity contribution >= 4 is 16.8 Å². The van der Waals surface area contributed by atoms with Gasteiger partial charge >= 0.3 is 0 Å². The highest BCUT2D eigenvalue weighted by molar-refractivity contribution is 6.01. The molecule has 3 aromatic heterocycles. The van der Waals surface area contributed by atoms with Crippen LogP contribution >= 0.6 is 0 Å². The summed E-state index contributed by atoms with van der Waals surface area (Å²) in [5.74, 6) is 0.458. The maximum Gasteiger partial charge on any atom is 0.254 e. The van der Waals surface area contributed by atoms with E-state index < -0.39 is 5.60 Å². The number of carbonyl (C=O) groups is 1. The summed E-state index contributed by atoms with van der Waals surface area (Å²) >= 11 is 0. The minimum absolute atomic E-state index is 0.0144. The van der Waals surface area contributed by atoms with Gasteiger partial charge in [0, 0.05) is 54.7 Å². The standard InChI is InChI=1S/C26H28N6O3/c1-4-32-22-6-5-17(25(33)31-9-11-35-12-10-31)13-20(22)23(30-32)24-28-15-18(16-29-24)21-14-19(7-8-27-21)26(2,3)34/h5-8,13-16,34H,4,9-12H2,1-3H3. The first-order valence-electron chi connectivity index (χ1n) is 11.7. The number of amides is 1. The molecule has 1 amide bonds. The normalized spacial score (nSPS) is 14.5. The SMILES string of the molecule is CCn1nc(-c2ncc(-c3cc(C(C)(C)O)ccn3)cn2)c2cc(C(=O)N3CCOCC3)ccc21. The summed E-state index contributed by atoms with van der Waals surface area (Å²) in [5.41, 5.74) is 3.37. The van der Waals surface area contributed by atoms with Gasteiger partial charge in [0.1, 0.15) is 5.69 Å². The van der Waals surface area contributed by atoms with Gasteiger partial charge in [-0.1, -0.05) is 0 Å². The number of hydrogen-bond donors (Lipinski definition) is 1. The molecule has 1 aliphatic rings. The Morgan fingerprint density at radius 3 is 2.51 bits per heavy atom. The van der Waals surface area contributed by atoms with Crippen LogP contribution in [-0.4, -0.2) is 66.9 Å². The molecule has 4 heterocycles. The van der Waals surface area contributed by atoms with Gasteiger partial charge in [-0.05, 0) is 56.7 Å². The van der Waals surface area contributed by atoms with Crippen molar-refractivity contribution < 1.29 is 14.6 Å². The molecule has 0 spiro atoms. The minimum Gasteiger partial charge on any atom is -0.386 e. The molecule has 9 nitrogen and oxygen atoms in total. The molecule has 0 unspecified atom stereocenters. The van der Waals surface area contributed by atoms with Crippen LogP contribution in [0.2, 0.25) is 0 Å². The highest BCUT2D eigenvalue weighted by Gasteiger charge is 2.22. The number of hydrogen-bond acceptors (Lipinski definition) is 7. The summed E-state index contributed by atoms with van der Waals surface area (Å²) in [6, 6.07) is 9.29. The third-order valence-corrected chi connectivity index (χ3v) is 6.22. The Labute approximate surface area is 203 Å². The Bertz CT molecular complexity index is 1370. The Morgan fingerprint density at radius 1 is 1.09 bits per heavy atom. The highest BCUT2D eigenvalue weighted by atomic mass is 16.5. The second kappa shape index (κ2) is 9.16. The Balaban J connectivity index is 1.51. The molecule has 1 saturated heterocycles. The number of fused-ring (bicyclic) bond motifs is 1. The van der Waals surface area contributed by atoms with Crippen LogP contribution < -0.4 is 0 Å². The number of rotatable bonds is 5. The topological polar surface area (TPSA) is 106 Å². The summed E-state index contributed by atoms with van der Waals surface area (Å²) in [6.07, 6.45) is 5.08. The van der Waals surface area contributed by atoms with E-state index >= 15 is 0 Å². The number of ether oxygens (including phenoxy) is 1. The van der Waals surface area contributed by atoms with Gasteiger partial charge in [0.15, 0.2) is 5.82 Å². The molecular weight excluding hydrogens is 444 g/mol. The van der Waals surface area contributed by atoms with Gasteiger partial charge in [0.2, 0.25) is 0 Å². The lowest BCUT2D eigenvalue weighted by Crippen LogP contribution is -2.40. The molecule has 180 valence electrons. The van der Waals surface area contributed by atoms with Gasteiger partial charge in [-0.3, -0.25) is 14.5 Å².